The molecule has 0 heterocycles. The molecule has 4 nitrogen and oxygen atoms in total. The molecule has 1 aromatic rings. The van der Waals surface area contributed by atoms with Crippen molar-refractivity contribution in [3.05, 3.63) is 41.2 Å². The third-order valence-electron chi connectivity index (χ3n) is 3.30. The van der Waals surface area contributed by atoms with Crippen molar-refractivity contribution in [1.82, 2.24) is 0 Å². The Morgan fingerprint density at radius 3 is 2.50 bits per heavy atom. The molecule has 1 aliphatic carbocycles. The normalized spacial score (nSPS) is 19.1. The van der Waals surface area contributed by atoms with Gasteiger partial charge in [-0.1, -0.05) is 6.92 Å². The van der Waals surface area contributed by atoms with E-state index in [-0.39, 0.29) is 23.0 Å². The molecule has 0 saturated carbocycles. The van der Waals surface area contributed by atoms with E-state index in [2.05, 4.69) is 0 Å². The highest BCUT2D eigenvalue weighted by atomic mass is 16.5. The van der Waals surface area contributed by atoms with Crippen LogP contribution in [0, 0.1) is 5.92 Å². The maximum Gasteiger partial charge on any atom is 0.200 e. The zero-order chi connectivity index (χ0) is 14.7. The van der Waals surface area contributed by atoms with Crippen LogP contribution < -0.4 is 4.74 Å². The van der Waals surface area contributed by atoms with Gasteiger partial charge in [0, 0.05) is 18.4 Å². The van der Waals surface area contributed by atoms with Crippen LogP contribution in [-0.4, -0.2) is 23.3 Å². The van der Waals surface area contributed by atoms with Crippen molar-refractivity contribution in [2.24, 2.45) is 5.92 Å². The SMILES string of the molecule is CCOc1ccc(C(=O)C2=C(O)CC(C)CC2=O)cc1. The van der Waals surface area contributed by atoms with Crippen molar-refractivity contribution >= 4 is 11.6 Å². The zero-order valence-electron chi connectivity index (χ0n) is 11.7. The van der Waals surface area contributed by atoms with Crippen molar-refractivity contribution in [1.29, 1.82) is 0 Å². The van der Waals surface area contributed by atoms with E-state index in [1.807, 2.05) is 13.8 Å². The molecular weight excluding hydrogens is 256 g/mol. The van der Waals surface area contributed by atoms with E-state index in [4.69, 9.17) is 4.74 Å². The number of rotatable bonds is 4. The molecule has 1 atom stereocenters. The first-order valence-electron chi connectivity index (χ1n) is 6.75. The van der Waals surface area contributed by atoms with Crippen LogP contribution in [0.2, 0.25) is 0 Å². The molecule has 1 N–H and O–H groups in total. The van der Waals surface area contributed by atoms with Gasteiger partial charge in [-0.3, -0.25) is 9.59 Å². The minimum atomic E-state index is -0.414. The van der Waals surface area contributed by atoms with Crippen LogP contribution in [0.5, 0.6) is 5.75 Å². The number of ether oxygens (including phenoxy) is 1. The second-order valence-electron chi connectivity index (χ2n) is 5.04. The summed E-state index contributed by atoms with van der Waals surface area (Å²) >= 11 is 0. The molecule has 0 aromatic heterocycles. The maximum atomic E-state index is 12.3. The van der Waals surface area contributed by atoms with Crippen molar-refractivity contribution in [2.45, 2.75) is 26.7 Å². The number of carbonyl (C=O) groups is 2. The number of hydrogen-bond donors (Lipinski definition) is 1. The Balaban J connectivity index is 2.26. The molecule has 0 spiro atoms. The van der Waals surface area contributed by atoms with E-state index in [1.165, 1.54) is 0 Å². The number of carbonyl (C=O) groups excluding carboxylic acids is 2. The van der Waals surface area contributed by atoms with E-state index >= 15 is 0 Å². The van der Waals surface area contributed by atoms with Gasteiger partial charge < -0.3 is 9.84 Å². The fourth-order valence-corrected chi connectivity index (χ4v) is 2.36. The lowest BCUT2D eigenvalue weighted by Gasteiger charge is -2.19. The number of hydrogen-bond acceptors (Lipinski definition) is 4. The van der Waals surface area contributed by atoms with Crippen molar-refractivity contribution in [2.75, 3.05) is 6.61 Å². The standard InChI is InChI=1S/C16H18O4/c1-3-20-12-6-4-11(5-7-12)16(19)15-13(17)8-10(2)9-14(15)18/h4-7,10,17H,3,8-9H2,1-2H3. The third-order valence-corrected chi connectivity index (χ3v) is 3.30. The molecule has 0 saturated heterocycles. The Labute approximate surface area is 118 Å². The van der Waals surface area contributed by atoms with Gasteiger partial charge in [0.15, 0.2) is 11.6 Å². The summed E-state index contributed by atoms with van der Waals surface area (Å²) in [5, 5.41) is 9.89. The summed E-state index contributed by atoms with van der Waals surface area (Å²) in [5.41, 5.74) is 0.324. The fraction of sp³-hybridized carbons (Fsp3) is 0.375. The molecule has 0 amide bonds. The summed E-state index contributed by atoms with van der Waals surface area (Å²) < 4.78 is 5.30. The first kappa shape index (κ1) is 14.3. The third kappa shape index (κ3) is 2.90. The summed E-state index contributed by atoms with van der Waals surface area (Å²) in [6.45, 7) is 4.31. The summed E-state index contributed by atoms with van der Waals surface area (Å²) in [6, 6.07) is 6.59. The summed E-state index contributed by atoms with van der Waals surface area (Å²) in [4.78, 5) is 24.3. The average molecular weight is 274 g/mol. The van der Waals surface area contributed by atoms with Crippen molar-refractivity contribution in [3.8, 4) is 5.75 Å². The Hall–Kier alpha value is -2.10. The summed E-state index contributed by atoms with van der Waals surface area (Å²) in [6.07, 6.45) is 0.687. The van der Waals surface area contributed by atoms with Crippen molar-refractivity contribution < 1.29 is 19.4 Å². The van der Waals surface area contributed by atoms with Crippen LogP contribution in [0.1, 0.15) is 37.0 Å². The van der Waals surface area contributed by atoms with Gasteiger partial charge in [-0.2, -0.15) is 0 Å². The molecule has 0 bridgehead atoms. The van der Waals surface area contributed by atoms with Crippen LogP contribution in [0.15, 0.2) is 35.6 Å². The molecule has 106 valence electrons. The number of aliphatic hydroxyl groups is 1. The zero-order valence-corrected chi connectivity index (χ0v) is 11.7. The largest absolute Gasteiger partial charge is 0.511 e. The van der Waals surface area contributed by atoms with Gasteiger partial charge in [0.1, 0.15) is 17.1 Å². The van der Waals surface area contributed by atoms with E-state index in [1.54, 1.807) is 24.3 Å². The van der Waals surface area contributed by atoms with Gasteiger partial charge in [-0.15, -0.1) is 0 Å². The molecule has 1 aliphatic rings. The van der Waals surface area contributed by atoms with E-state index in [9.17, 15) is 14.7 Å². The monoisotopic (exact) mass is 274 g/mol. The molecule has 0 radical (unpaired) electrons. The van der Waals surface area contributed by atoms with E-state index in [0.717, 1.165) is 0 Å². The summed E-state index contributed by atoms with van der Waals surface area (Å²) in [5.74, 6) is -0.0274. The predicted molar refractivity (Wildman–Crippen MR) is 75.0 cm³/mol. The molecule has 0 aliphatic heterocycles. The first-order valence-corrected chi connectivity index (χ1v) is 6.75. The number of Topliss-reactive ketones (excluding diaryl/α,β-unsaturated/α-hetero) is 2. The minimum Gasteiger partial charge on any atom is -0.511 e. The lowest BCUT2D eigenvalue weighted by atomic mass is 9.85. The van der Waals surface area contributed by atoms with Gasteiger partial charge in [0.05, 0.1) is 6.61 Å². The summed E-state index contributed by atoms with van der Waals surface area (Å²) in [7, 11) is 0. The van der Waals surface area contributed by atoms with Crippen LogP contribution in [0.25, 0.3) is 0 Å². The van der Waals surface area contributed by atoms with Crippen molar-refractivity contribution in [3.63, 3.8) is 0 Å². The molecular formula is C16H18O4. The topological polar surface area (TPSA) is 63.6 Å². The first-order chi connectivity index (χ1) is 9.52. The average Bonchev–Trinajstić information content (AvgIpc) is 2.38. The second kappa shape index (κ2) is 5.90. The van der Waals surface area contributed by atoms with Gasteiger partial charge in [0.25, 0.3) is 0 Å². The van der Waals surface area contributed by atoms with Crippen LogP contribution in [0.3, 0.4) is 0 Å². The predicted octanol–water partition coefficient (Wildman–Crippen LogP) is 3.08. The Morgan fingerprint density at radius 2 is 1.95 bits per heavy atom. The molecule has 4 heteroatoms. The lowest BCUT2D eigenvalue weighted by Crippen LogP contribution is -2.23. The molecule has 1 unspecified atom stereocenters. The molecule has 20 heavy (non-hydrogen) atoms. The maximum absolute atomic E-state index is 12.3. The second-order valence-corrected chi connectivity index (χ2v) is 5.04. The highest BCUT2D eigenvalue weighted by Gasteiger charge is 2.30. The molecule has 2 rings (SSSR count). The van der Waals surface area contributed by atoms with E-state index < -0.39 is 5.78 Å². The number of benzene rings is 1. The Kier molecular flexibility index (Phi) is 4.23. The molecule has 0 fully saturated rings. The molecule has 1 aromatic carbocycles. The minimum absolute atomic E-state index is 0.0627. The Bertz CT molecular complexity index is 554. The van der Waals surface area contributed by atoms with Crippen LogP contribution in [0.4, 0.5) is 0 Å². The number of aliphatic hydroxyl groups excluding tert-OH is 1. The van der Waals surface area contributed by atoms with Gasteiger partial charge in [0.2, 0.25) is 0 Å². The quantitative estimate of drug-likeness (QED) is 0.677. The fourth-order valence-electron chi connectivity index (χ4n) is 2.36. The Morgan fingerprint density at radius 1 is 1.30 bits per heavy atom. The number of ketones is 2. The number of allylic oxidation sites excluding steroid dienone is 2. The van der Waals surface area contributed by atoms with E-state index in [0.29, 0.717) is 30.8 Å². The smallest absolute Gasteiger partial charge is 0.200 e. The highest BCUT2D eigenvalue weighted by Crippen LogP contribution is 2.27. The van der Waals surface area contributed by atoms with Crippen LogP contribution >= 0.6 is 0 Å². The van der Waals surface area contributed by atoms with Gasteiger partial charge in [-0.05, 0) is 37.1 Å². The van der Waals surface area contributed by atoms with Gasteiger partial charge in [-0.25, -0.2) is 0 Å². The van der Waals surface area contributed by atoms with Crippen LogP contribution in [-0.2, 0) is 4.79 Å². The lowest BCUT2D eigenvalue weighted by molar-refractivity contribution is -0.116. The highest BCUT2D eigenvalue weighted by molar-refractivity contribution is 6.26. The van der Waals surface area contributed by atoms with Gasteiger partial charge >= 0.3 is 0 Å².